The van der Waals surface area contributed by atoms with Gasteiger partial charge in [-0.1, -0.05) is 24.3 Å². The summed E-state index contributed by atoms with van der Waals surface area (Å²) >= 11 is 0. The van der Waals surface area contributed by atoms with E-state index in [1.807, 2.05) is 41.3 Å². The van der Waals surface area contributed by atoms with E-state index in [-0.39, 0.29) is 5.97 Å². The van der Waals surface area contributed by atoms with Crippen LogP contribution in [0.4, 0.5) is 0 Å². The largest absolute Gasteiger partial charge is 0.468 e. The number of aromatic nitrogens is 1. The molecule has 3 rings (SSSR count). The van der Waals surface area contributed by atoms with Gasteiger partial charge in [-0.2, -0.15) is 0 Å². The van der Waals surface area contributed by atoms with Crippen LogP contribution in [0.25, 0.3) is 10.9 Å². The summed E-state index contributed by atoms with van der Waals surface area (Å²) in [7, 11) is 1.37. The van der Waals surface area contributed by atoms with Gasteiger partial charge in [-0.15, -0.1) is 0 Å². The number of likely N-dealkylation sites (tertiary alicyclic amines) is 1. The number of β-amino-alcohol motifs (C(OH)–C–C–N with tert-alkyl or cyclic N) is 1. The van der Waals surface area contributed by atoms with E-state index in [9.17, 15) is 9.90 Å². The molecule has 1 aromatic heterocycles. The second-order valence-electron chi connectivity index (χ2n) is 5.35. The lowest BCUT2D eigenvalue weighted by atomic mass is 10.2. The van der Waals surface area contributed by atoms with Gasteiger partial charge in [-0.05, 0) is 12.1 Å². The maximum absolute atomic E-state index is 11.8. The molecule has 1 saturated heterocycles. The number of aliphatic hydroxyl groups excluding tert-OH is 1. The van der Waals surface area contributed by atoms with Gasteiger partial charge in [-0.25, -0.2) is 0 Å². The van der Waals surface area contributed by atoms with Crippen molar-refractivity contribution in [1.29, 1.82) is 0 Å². The first-order chi connectivity index (χ1) is 10.2. The fourth-order valence-corrected chi connectivity index (χ4v) is 2.84. The summed E-state index contributed by atoms with van der Waals surface area (Å²) in [4.78, 5) is 18.3. The predicted molar refractivity (Wildman–Crippen MR) is 78.6 cm³/mol. The molecular formula is C16H18N2O3. The Kier molecular flexibility index (Phi) is 3.86. The summed E-state index contributed by atoms with van der Waals surface area (Å²) < 4.78 is 4.81. The molecule has 1 aliphatic rings. The van der Waals surface area contributed by atoms with Crippen molar-refractivity contribution in [1.82, 2.24) is 9.88 Å². The number of para-hydroxylation sites is 1. The first kappa shape index (κ1) is 14.0. The summed E-state index contributed by atoms with van der Waals surface area (Å²) in [6, 6.07) is 11.5. The highest BCUT2D eigenvalue weighted by Crippen LogP contribution is 2.22. The van der Waals surface area contributed by atoms with Crippen LogP contribution in [0.5, 0.6) is 0 Å². The molecule has 0 spiro atoms. The Labute approximate surface area is 123 Å². The number of nitrogens with zero attached hydrogens (tertiary/aromatic N) is 2. The number of fused-ring (bicyclic) bond motifs is 1. The minimum atomic E-state index is -0.491. The molecule has 21 heavy (non-hydrogen) atoms. The summed E-state index contributed by atoms with van der Waals surface area (Å²) in [5.74, 6) is -0.299. The lowest BCUT2D eigenvalue weighted by Gasteiger charge is -2.21. The number of carbonyl (C=O) groups excluding carboxylic acids is 1. The minimum Gasteiger partial charge on any atom is -0.468 e. The number of carbonyl (C=O) groups is 1. The smallest absolute Gasteiger partial charge is 0.323 e. The molecule has 1 aliphatic heterocycles. The summed E-state index contributed by atoms with van der Waals surface area (Å²) in [5.41, 5.74) is 1.82. The Hall–Kier alpha value is -1.98. The van der Waals surface area contributed by atoms with Crippen LogP contribution in [0.2, 0.25) is 0 Å². The van der Waals surface area contributed by atoms with Gasteiger partial charge in [0, 0.05) is 24.9 Å². The standard InChI is InChI=1S/C16H18N2O3/c1-21-16(20)15-8-13(19)10-18(15)9-12-7-6-11-4-2-3-5-14(11)17-12/h2-7,13,15,19H,8-10H2,1H3/t13-,15-/m0/s1. The number of methoxy groups -OCH3 is 1. The maximum Gasteiger partial charge on any atom is 0.323 e. The molecule has 0 bridgehead atoms. The quantitative estimate of drug-likeness (QED) is 0.863. The normalized spacial score (nSPS) is 22.6. The molecular weight excluding hydrogens is 268 g/mol. The predicted octanol–water partition coefficient (Wildman–Crippen LogP) is 1.34. The third-order valence-electron chi connectivity index (χ3n) is 3.88. The second-order valence-corrected chi connectivity index (χ2v) is 5.35. The zero-order valence-corrected chi connectivity index (χ0v) is 11.9. The Morgan fingerprint density at radius 2 is 2.19 bits per heavy atom. The van der Waals surface area contributed by atoms with Crippen LogP contribution in [0.1, 0.15) is 12.1 Å². The molecule has 5 heteroatoms. The highest BCUT2D eigenvalue weighted by molar-refractivity contribution is 5.78. The number of benzene rings is 1. The molecule has 1 N–H and O–H groups in total. The third-order valence-corrected chi connectivity index (χ3v) is 3.88. The number of pyridine rings is 1. The molecule has 1 aromatic carbocycles. The molecule has 2 aromatic rings. The van der Waals surface area contributed by atoms with Crippen molar-refractivity contribution in [2.75, 3.05) is 13.7 Å². The molecule has 0 aliphatic carbocycles. The highest BCUT2D eigenvalue weighted by Gasteiger charge is 2.36. The average Bonchev–Trinajstić information content (AvgIpc) is 2.87. The maximum atomic E-state index is 11.8. The van der Waals surface area contributed by atoms with E-state index in [1.54, 1.807) is 0 Å². The van der Waals surface area contributed by atoms with Gasteiger partial charge >= 0.3 is 5.97 Å². The van der Waals surface area contributed by atoms with E-state index >= 15 is 0 Å². The van der Waals surface area contributed by atoms with Crippen molar-refractivity contribution in [3.8, 4) is 0 Å². The molecule has 0 saturated carbocycles. The van der Waals surface area contributed by atoms with Crippen LogP contribution < -0.4 is 0 Å². The van der Waals surface area contributed by atoms with E-state index in [2.05, 4.69) is 4.98 Å². The Morgan fingerprint density at radius 1 is 1.38 bits per heavy atom. The number of hydrogen-bond donors (Lipinski definition) is 1. The van der Waals surface area contributed by atoms with Crippen molar-refractivity contribution in [3.63, 3.8) is 0 Å². The zero-order valence-electron chi connectivity index (χ0n) is 11.9. The highest BCUT2D eigenvalue weighted by atomic mass is 16.5. The lowest BCUT2D eigenvalue weighted by Crippen LogP contribution is -2.36. The van der Waals surface area contributed by atoms with Gasteiger partial charge in [0.15, 0.2) is 0 Å². The van der Waals surface area contributed by atoms with Crippen LogP contribution in [0.15, 0.2) is 36.4 Å². The Morgan fingerprint density at radius 3 is 3.00 bits per heavy atom. The molecule has 110 valence electrons. The van der Waals surface area contributed by atoms with Crippen molar-refractivity contribution < 1.29 is 14.6 Å². The minimum absolute atomic E-state index is 0.299. The van der Waals surface area contributed by atoms with Crippen LogP contribution in [0, 0.1) is 0 Å². The van der Waals surface area contributed by atoms with Crippen molar-refractivity contribution in [2.24, 2.45) is 0 Å². The summed E-state index contributed by atoms with van der Waals surface area (Å²) in [6.07, 6.45) is -0.0742. The second kappa shape index (κ2) is 5.79. The summed E-state index contributed by atoms with van der Waals surface area (Å²) in [6.45, 7) is 0.996. The number of ether oxygens (including phenoxy) is 1. The van der Waals surface area contributed by atoms with E-state index < -0.39 is 12.1 Å². The molecule has 0 unspecified atom stereocenters. The molecule has 2 atom stereocenters. The number of esters is 1. The number of hydrogen-bond acceptors (Lipinski definition) is 5. The van der Waals surface area contributed by atoms with Gasteiger partial charge in [-0.3, -0.25) is 14.7 Å². The number of aliphatic hydroxyl groups is 1. The van der Waals surface area contributed by atoms with Crippen LogP contribution in [0.3, 0.4) is 0 Å². The first-order valence-electron chi connectivity index (χ1n) is 7.02. The fraction of sp³-hybridized carbons (Fsp3) is 0.375. The van der Waals surface area contributed by atoms with Gasteiger partial charge in [0.05, 0.1) is 24.4 Å². The molecule has 5 nitrogen and oxygen atoms in total. The van der Waals surface area contributed by atoms with E-state index in [4.69, 9.17) is 4.74 Å². The van der Waals surface area contributed by atoms with Gasteiger partial charge < -0.3 is 9.84 Å². The van der Waals surface area contributed by atoms with Crippen molar-refractivity contribution in [2.45, 2.75) is 25.1 Å². The first-order valence-corrected chi connectivity index (χ1v) is 7.02. The average molecular weight is 286 g/mol. The number of rotatable bonds is 3. The zero-order chi connectivity index (χ0) is 14.8. The Bertz CT molecular complexity index is 659. The molecule has 0 radical (unpaired) electrons. The van der Waals surface area contributed by atoms with E-state index in [0.717, 1.165) is 16.6 Å². The van der Waals surface area contributed by atoms with Gasteiger partial charge in [0.25, 0.3) is 0 Å². The lowest BCUT2D eigenvalue weighted by molar-refractivity contribution is -0.146. The van der Waals surface area contributed by atoms with Crippen molar-refractivity contribution >= 4 is 16.9 Å². The SMILES string of the molecule is COC(=O)[C@@H]1C[C@H](O)CN1Cc1ccc2ccccc2n1. The van der Waals surface area contributed by atoms with Gasteiger partial charge in [0.1, 0.15) is 6.04 Å². The van der Waals surface area contributed by atoms with Crippen molar-refractivity contribution in [3.05, 3.63) is 42.1 Å². The van der Waals surface area contributed by atoms with Crippen LogP contribution >= 0.6 is 0 Å². The molecule has 0 amide bonds. The molecule has 2 heterocycles. The van der Waals surface area contributed by atoms with E-state index in [1.165, 1.54) is 7.11 Å². The fourth-order valence-electron chi connectivity index (χ4n) is 2.84. The monoisotopic (exact) mass is 286 g/mol. The summed E-state index contributed by atoms with van der Waals surface area (Å²) in [5, 5.41) is 10.9. The topological polar surface area (TPSA) is 62.7 Å². The van der Waals surface area contributed by atoms with E-state index in [0.29, 0.717) is 19.5 Å². The molecule has 1 fully saturated rings. The van der Waals surface area contributed by atoms with Crippen LogP contribution in [-0.2, 0) is 16.1 Å². The van der Waals surface area contributed by atoms with Crippen LogP contribution in [-0.4, -0.2) is 46.8 Å². The third kappa shape index (κ3) is 2.89. The van der Waals surface area contributed by atoms with Gasteiger partial charge in [0.2, 0.25) is 0 Å². The Balaban J connectivity index is 1.81.